The van der Waals surface area contributed by atoms with Gasteiger partial charge >= 0.3 is 6.09 Å². The Bertz CT molecular complexity index is 1080. The standard InChI is InChI=1S/C25H31NO3Si/c1-17(18-12-14-19(15-13-18)30(5,6)7)23-21(16-27)20-10-8-9-11-22(20)26(23)24(28)29-25(2,3)4/h8-17H,1-7H3/t17-/m1/s1. The predicted molar refractivity (Wildman–Crippen MR) is 126 cm³/mol. The van der Waals surface area contributed by atoms with Gasteiger partial charge in [-0.2, -0.15) is 0 Å². The molecule has 0 fully saturated rings. The number of fused-ring (bicyclic) bond motifs is 1. The largest absolute Gasteiger partial charge is 0.443 e. The van der Waals surface area contributed by atoms with Crippen LogP contribution in [0.25, 0.3) is 10.9 Å². The molecule has 158 valence electrons. The van der Waals surface area contributed by atoms with Crippen molar-refractivity contribution in [3.05, 3.63) is 65.4 Å². The molecule has 0 radical (unpaired) electrons. The third kappa shape index (κ3) is 4.26. The van der Waals surface area contributed by atoms with Crippen LogP contribution in [0.4, 0.5) is 4.79 Å². The van der Waals surface area contributed by atoms with Crippen LogP contribution < -0.4 is 5.19 Å². The number of carbonyl (C=O) groups excluding carboxylic acids is 2. The van der Waals surface area contributed by atoms with E-state index in [1.165, 1.54) is 5.19 Å². The summed E-state index contributed by atoms with van der Waals surface area (Å²) in [6.45, 7) is 14.5. The summed E-state index contributed by atoms with van der Waals surface area (Å²) in [7, 11) is -1.41. The van der Waals surface area contributed by atoms with E-state index in [-0.39, 0.29) is 5.92 Å². The molecule has 0 aliphatic rings. The zero-order valence-electron chi connectivity index (χ0n) is 18.9. The van der Waals surface area contributed by atoms with E-state index < -0.39 is 19.8 Å². The van der Waals surface area contributed by atoms with Crippen molar-refractivity contribution in [2.45, 2.75) is 58.9 Å². The fraction of sp³-hybridized carbons (Fsp3) is 0.360. The maximum Gasteiger partial charge on any atom is 0.419 e. The molecule has 0 bridgehead atoms. The van der Waals surface area contributed by atoms with Crippen molar-refractivity contribution in [2.24, 2.45) is 0 Å². The summed E-state index contributed by atoms with van der Waals surface area (Å²) in [6, 6.07) is 16.1. The van der Waals surface area contributed by atoms with Crippen molar-refractivity contribution in [1.82, 2.24) is 4.57 Å². The molecule has 3 rings (SSSR count). The van der Waals surface area contributed by atoms with Gasteiger partial charge in [0.1, 0.15) is 5.60 Å². The minimum Gasteiger partial charge on any atom is -0.443 e. The van der Waals surface area contributed by atoms with E-state index in [9.17, 15) is 9.59 Å². The Labute approximate surface area is 179 Å². The van der Waals surface area contributed by atoms with Crippen molar-refractivity contribution in [2.75, 3.05) is 0 Å². The SMILES string of the molecule is C[C@H](c1ccc([Si](C)(C)C)cc1)c1c(C=O)c2ccccc2n1C(=O)OC(C)(C)C. The second-order valence-corrected chi connectivity index (χ2v) is 14.9. The molecule has 2 aromatic carbocycles. The molecule has 0 aliphatic heterocycles. The Kier molecular flexibility index (Phi) is 5.78. The van der Waals surface area contributed by atoms with Crippen LogP contribution in [0, 0.1) is 0 Å². The molecule has 0 unspecified atom stereocenters. The van der Waals surface area contributed by atoms with Crippen LogP contribution in [0.1, 0.15) is 55.2 Å². The topological polar surface area (TPSA) is 48.3 Å². The van der Waals surface area contributed by atoms with Crippen molar-refractivity contribution < 1.29 is 14.3 Å². The van der Waals surface area contributed by atoms with Gasteiger partial charge < -0.3 is 4.74 Å². The van der Waals surface area contributed by atoms with E-state index in [2.05, 4.69) is 43.9 Å². The van der Waals surface area contributed by atoms with Gasteiger partial charge in [0, 0.05) is 22.6 Å². The van der Waals surface area contributed by atoms with Crippen LogP contribution in [-0.4, -0.2) is 30.6 Å². The quantitative estimate of drug-likeness (QED) is 0.387. The highest BCUT2D eigenvalue weighted by Gasteiger charge is 2.29. The summed E-state index contributed by atoms with van der Waals surface area (Å²) in [5, 5.41) is 2.14. The van der Waals surface area contributed by atoms with Crippen LogP contribution in [0.5, 0.6) is 0 Å². The molecule has 0 spiro atoms. The van der Waals surface area contributed by atoms with E-state index >= 15 is 0 Å². The average Bonchev–Trinajstić information content (AvgIpc) is 3.00. The summed E-state index contributed by atoms with van der Waals surface area (Å²) >= 11 is 0. The van der Waals surface area contributed by atoms with Crippen LogP contribution in [0.15, 0.2) is 48.5 Å². The van der Waals surface area contributed by atoms with Gasteiger partial charge in [0.25, 0.3) is 0 Å². The number of rotatable bonds is 4. The van der Waals surface area contributed by atoms with Gasteiger partial charge in [-0.25, -0.2) is 9.36 Å². The maximum atomic E-state index is 13.2. The molecule has 30 heavy (non-hydrogen) atoms. The minimum atomic E-state index is -1.41. The number of carbonyl (C=O) groups is 2. The summed E-state index contributed by atoms with van der Waals surface area (Å²) in [5.41, 5.74) is 2.32. The lowest BCUT2D eigenvalue weighted by Crippen LogP contribution is -2.37. The molecule has 0 saturated carbocycles. The number of nitrogens with zero attached hydrogens (tertiary/aromatic N) is 1. The Morgan fingerprint density at radius 2 is 1.63 bits per heavy atom. The normalized spacial score (nSPS) is 13.3. The Hall–Kier alpha value is -2.66. The van der Waals surface area contributed by atoms with E-state index in [4.69, 9.17) is 4.74 Å². The lowest BCUT2D eigenvalue weighted by Gasteiger charge is -2.23. The first kappa shape index (κ1) is 22.0. The number of para-hydroxylation sites is 1. The van der Waals surface area contributed by atoms with Crippen molar-refractivity contribution in [3.8, 4) is 0 Å². The van der Waals surface area contributed by atoms with Crippen molar-refractivity contribution >= 4 is 36.5 Å². The molecule has 0 saturated heterocycles. The van der Waals surface area contributed by atoms with Crippen LogP contribution in [0.2, 0.25) is 19.6 Å². The molecule has 1 heterocycles. The number of ether oxygens (including phenoxy) is 1. The van der Waals surface area contributed by atoms with E-state index in [1.54, 1.807) is 4.57 Å². The van der Waals surface area contributed by atoms with E-state index in [1.807, 2.05) is 52.0 Å². The number of hydrogen-bond acceptors (Lipinski definition) is 3. The highest BCUT2D eigenvalue weighted by molar-refractivity contribution is 6.88. The first-order valence-electron chi connectivity index (χ1n) is 10.4. The van der Waals surface area contributed by atoms with Crippen molar-refractivity contribution in [3.63, 3.8) is 0 Å². The summed E-state index contributed by atoms with van der Waals surface area (Å²) in [4.78, 5) is 25.3. The number of hydrogen-bond donors (Lipinski definition) is 0. The lowest BCUT2D eigenvalue weighted by molar-refractivity contribution is 0.0539. The molecule has 0 amide bonds. The predicted octanol–water partition coefficient (Wildman–Crippen LogP) is 5.93. The van der Waals surface area contributed by atoms with E-state index in [0.29, 0.717) is 16.8 Å². The first-order chi connectivity index (χ1) is 13.9. The highest BCUT2D eigenvalue weighted by Crippen LogP contribution is 2.34. The Morgan fingerprint density at radius 3 is 2.17 bits per heavy atom. The third-order valence-corrected chi connectivity index (χ3v) is 7.40. The van der Waals surface area contributed by atoms with Crippen LogP contribution in [0.3, 0.4) is 0 Å². The fourth-order valence-electron chi connectivity index (χ4n) is 3.77. The number of aromatic nitrogens is 1. The number of benzene rings is 2. The van der Waals surface area contributed by atoms with Gasteiger partial charge in [0.2, 0.25) is 0 Å². The van der Waals surface area contributed by atoms with Gasteiger partial charge in [0.15, 0.2) is 6.29 Å². The molecule has 5 heteroatoms. The maximum absolute atomic E-state index is 13.2. The fourth-order valence-corrected chi connectivity index (χ4v) is 4.94. The monoisotopic (exact) mass is 421 g/mol. The van der Waals surface area contributed by atoms with Gasteiger partial charge in [-0.3, -0.25) is 4.79 Å². The Morgan fingerprint density at radius 1 is 1.03 bits per heavy atom. The van der Waals surface area contributed by atoms with Gasteiger partial charge in [-0.15, -0.1) is 0 Å². The smallest absolute Gasteiger partial charge is 0.419 e. The summed E-state index contributed by atoms with van der Waals surface area (Å²) < 4.78 is 7.26. The van der Waals surface area contributed by atoms with Gasteiger partial charge in [-0.1, -0.05) is 74.2 Å². The van der Waals surface area contributed by atoms with Gasteiger partial charge in [0.05, 0.1) is 13.6 Å². The molecule has 3 aromatic rings. The summed E-state index contributed by atoms with van der Waals surface area (Å²) in [6.07, 6.45) is 0.387. The molecular formula is C25H31NO3Si. The molecular weight excluding hydrogens is 390 g/mol. The van der Waals surface area contributed by atoms with Crippen LogP contribution in [-0.2, 0) is 4.74 Å². The minimum absolute atomic E-state index is 0.152. The average molecular weight is 422 g/mol. The summed E-state index contributed by atoms with van der Waals surface area (Å²) in [5.74, 6) is -0.152. The number of aldehydes is 1. The first-order valence-corrected chi connectivity index (χ1v) is 13.9. The zero-order valence-corrected chi connectivity index (χ0v) is 19.9. The molecule has 1 aromatic heterocycles. The highest BCUT2D eigenvalue weighted by atomic mass is 28.3. The zero-order chi connectivity index (χ0) is 22.3. The van der Waals surface area contributed by atoms with Crippen molar-refractivity contribution in [1.29, 1.82) is 0 Å². The Balaban J connectivity index is 2.20. The molecule has 0 N–H and O–H groups in total. The molecule has 0 aliphatic carbocycles. The second kappa shape index (κ2) is 7.87. The molecule has 4 nitrogen and oxygen atoms in total. The lowest BCUT2D eigenvalue weighted by atomic mass is 9.94. The third-order valence-electron chi connectivity index (χ3n) is 5.33. The second-order valence-electron chi connectivity index (χ2n) is 9.84. The van der Waals surface area contributed by atoms with E-state index in [0.717, 1.165) is 17.2 Å². The van der Waals surface area contributed by atoms with Gasteiger partial charge in [-0.05, 0) is 32.4 Å². The molecule has 1 atom stereocenters. The van der Waals surface area contributed by atoms with Crippen LogP contribution >= 0.6 is 0 Å².